The molecule has 0 atom stereocenters. The van der Waals surface area contributed by atoms with E-state index >= 15 is 0 Å². The molecular formula is C51H101N3O7Y. The SMILES string of the molecule is CCCCCCCCC(CCCCCCCC)OC.CCCCCCCCCOO.CNc1c(NCCCCCN(CCCCCCO)CCCCCCCC=O)c(=O)c1=O.[Y]. The molecule has 0 amide bonds. The largest absolute Gasteiger partial charge is 0.396 e. The van der Waals surface area contributed by atoms with Gasteiger partial charge in [-0.15, -0.1) is 0 Å². The van der Waals surface area contributed by atoms with Crippen LogP contribution in [0.1, 0.15) is 239 Å². The van der Waals surface area contributed by atoms with Gasteiger partial charge in [0.15, 0.2) is 0 Å². The molecule has 1 aromatic carbocycles. The average molecular weight is 957 g/mol. The normalized spacial score (nSPS) is 11.0. The number of rotatable bonds is 45. The van der Waals surface area contributed by atoms with Crippen molar-refractivity contribution < 1.29 is 57.5 Å². The van der Waals surface area contributed by atoms with Crippen molar-refractivity contribution >= 4 is 17.7 Å². The summed E-state index contributed by atoms with van der Waals surface area (Å²) in [5.41, 5.74) is -0.0000639. The second-order valence-corrected chi connectivity index (χ2v) is 17.3. The van der Waals surface area contributed by atoms with Crippen molar-refractivity contribution in [2.45, 2.75) is 245 Å². The molecule has 62 heavy (non-hydrogen) atoms. The van der Waals surface area contributed by atoms with E-state index in [4.69, 9.17) is 15.1 Å². The quantitative estimate of drug-likeness (QED) is 0.0164. The van der Waals surface area contributed by atoms with Gasteiger partial charge in [0, 0.05) is 66.4 Å². The Kier molecular flexibility index (Phi) is 57.7. The number of hydrogen-bond acceptors (Lipinski definition) is 10. The maximum absolute atomic E-state index is 11.6. The molecule has 0 aliphatic carbocycles. The predicted molar refractivity (Wildman–Crippen MR) is 262 cm³/mol. The minimum Gasteiger partial charge on any atom is -0.396 e. The summed E-state index contributed by atoms with van der Waals surface area (Å²) in [6, 6.07) is 0. The van der Waals surface area contributed by atoms with Gasteiger partial charge in [0.25, 0.3) is 10.9 Å². The van der Waals surface area contributed by atoms with Crippen molar-refractivity contribution in [3.63, 3.8) is 0 Å². The fourth-order valence-corrected chi connectivity index (χ4v) is 7.69. The van der Waals surface area contributed by atoms with Crippen LogP contribution in [0.25, 0.3) is 0 Å². The number of methoxy groups -OCH3 is 1. The van der Waals surface area contributed by atoms with Crippen molar-refractivity contribution in [3.05, 3.63) is 20.4 Å². The molecule has 0 aromatic heterocycles. The first-order valence-corrected chi connectivity index (χ1v) is 25.7. The van der Waals surface area contributed by atoms with Crippen LogP contribution in [0.4, 0.5) is 11.4 Å². The molecule has 0 aliphatic heterocycles. The summed E-state index contributed by atoms with van der Waals surface area (Å²) in [6.45, 7) is 11.6. The maximum atomic E-state index is 11.6. The van der Waals surface area contributed by atoms with Crippen LogP contribution in [0, 0.1) is 0 Å². The molecular weight excluding hydrogens is 855 g/mol. The third-order valence-corrected chi connectivity index (χ3v) is 11.7. The van der Waals surface area contributed by atoms with Gasteiger partial charge in [-0.1, -0.05) is 175 Å². The van der Waals surface area contributed by atoms with E-state index in [9.17, 15) is 14.4 Å². The van der Waals surface area contributed by atoms with Crippen LogP contribution < -0.4 is 21.5 Å². The van der Waals surface area contributed by atoms with Crippen molar-refractivity contribution in [2.75, 3.05) is 64.2 Å². The number of nitrogens with zero attached hydrogens (tertiary/aromatic N) is 1. The second kappa shape index (κ2) is 54.6. The van der Waals surface area contributed by atoms with E-state index in [-0.39, 0.29) is 39.3 Å². The molecule has 0 saturated heterocycles. The first-order chi connectivity index (χ1) is 29.9. The molecule has 0 fully saturated rings. The monoisotopic (exact) mass is 957 g/mol. The van der Waals surface area contributed by atoms with E-state index < -0.39 is 10.9 Å². The van der Waals surface area contributed by atoms with Gasteiger partial charge >= 0.3 is 0 Å². The molecule has 0 saturated carbocycles. The Morgan fingerprint density at radius 2 is 0.968 bits per heavy atom. The number of aldehydes is 1. The fraction of sp³-hybridized carbons (Fsp3) is 0.902. The molecule has 1 rings (SSSR count). The third-order valence-electron chi connectivity index (χ3n) is 11.7. The molecule has 365 valence electrons. The molecule has 1 aromatic rings. The van der Waals surface area contributed by atoms with Crippen molar-refractivity contribution in [1.82, 2.24) is 4.90 Å². The van der Waals surface area contributed by atoms with E-state index in [1.165, 1.54) is 161 Å². The third kappa shape index (κ3) is 43.2. The molecule has 0 spiro atoms. The van der Waals surface area contributed by atoms with Gasteiger partial charge in [-0.2, -0.15) is 0 Å². The zero-order chi connectivity index (χ0) is 45.3. The van der Waals surface area contributed by atoms with Gasteiger partial charge in [-0.3, -0.25) is 14.8 Å². The van der Waals surface area contributed by atoms with Crippen LogP contribution in [0.2, 0.25) is 0 Å². The van der Waals surface area contributed by atoms with Crippen molar-refractivity contribution in [2.24, 2.45) is 0 Å². The summed E-state index contributed by atoms with van der Waals surface area (Å²) in [7, 11) is 3.55. The minimum atomic E-state index is -0.427. The number of aliphatic hydroxyl groups is 1. The summed E-state index contributed by atoms with van der Waals surface area (Å²) in [5.74, 6) is 0. The van der Waals surface area contributed by atoms with Crippen molar-refractivity contribution in [3.8, 4) is 0 Å². The van der Waals surface area contributed by atoms with Crippen LogP contribution in [0.3, 0.4) is 0 Å². The molecule has 10 nitrogen and oxygen atoms in total. The Balaban J connectivity index is -0.000000953. The number of carbonyl (C=O) groups is 1. The summed E-state index contributed by atoms with van der Waals surface area (Å²) in [5, 5.41) is 22.8. The number of hydrogen-bond donors (Lipinski definition) is 4. The van der Waals surface area contributed by atoms with Gasteiger partial charge in [0.05, 0.1) is 12.7 Å². The Morgan fingerprint density at radius 1 is 0.565 bits per heavy atom. The van der Waals surface area contributed by atoms with Crippen LogP contribution in [-0.4, -0.2) is 81.2 Å². The van der Waals surface area contributed by atoms with E-state index in [2.05, 4.69) is 41.2 Å². The first kappa shape index (κ1) is 65.5. The number of ether oxygens (including phenoxy) is 1. The zero-order valence-corrected chi connectivity index (χ0v) is 44.2. The van der Waals surface area contributed by atoms with E-state index in [1.807, 2.05) is 7.11 Å². The van der Waals surface area contributed by atoms with E-state index in [0.29, 0.717) is 37.1 Å². The number of anilines is 2. The topological polar surface area (TPSA) is 137 Å². The Bertz CT molecular complexity index is 1060. The standard InChI is InChI=1S/C24H43N3O4.C18H38O.C9H20O2.Y/c1-25-21-22(24(31)23(21)30)26-15-9-8-12-18-27(17-11-5-7-14-20-29)16-10-4-2-3-6-13-19-28;1-4-6-8-10-12-14-16-18(19-3)17-15-13-11-9-7-5-2;1-2-3-4-5-6-7-8-9-11-10;/h19,25-26,29H,2-18,20H2,1H3;18H,4-17H2,1-3H3;10H,2-9H2,1H3;. The Morgan fingerprint density at radius 3 is 1.40 bits per heavy atom. The Labute approximate surface area is 407 Å². The van der Waals surface area contributed by atoms with Gasteiger partial charge in [-0.05, 0) is 77.4 Å². The van der Waals surface area contributed by atoms with Crippen molar-refractivity contribution in [1.29, 1.82) is 0 Å². The summed E-state index contributed by atoms with van der Waals surface area (Å²) in [4.78, 5) is 39.8. The molecule has 11 heteroatoms. The summed E-state index contributed by atoms with van der Waals surface area (Å²) >= 11 is 0. The molecule has 0 unspecified atom stereocenters. The molecule has 1 radical (unpaired) electrons. The van der Waals surface area contributed by atoms with Crippen LogP contribution in [0.5, 0.6) is 0 Å². The second-order valence-electron chi connectivity index (χ2n) is 17.3. The van der Waals surface area contributed by atoms with Gasteiger partial charge in [0.2, 0.25) is 0 Å². The zero-order valence-electron chi connectivity index (χ0n) is 41.4. The predicted octanol–water partition coefficient (Wildman–Crippen LogP) is 13.0. The van der Waals surface area contributed by atoms with Gasteiger partial charge < -0.3 is 30.2 Å². The molecule has 0 aliphatic rings. The molecule has 4 N–H and O–H groups in total. The number of aliphatic hydroxyl groups excluding tert-OH is 1. The minimum absolute atomic E-state index is 0. The van der Waals surface area contributed by atoms with E-state index in [0.717, 1.165) is 77.3 Å². The number of carbonyl (C=O) groups excluding carboxylic acids is 1. The first-order valence-electron chi connectivity index (χ1n) is 25.7. The van der Waals surface area contributed by atoms with Crippen LogP contribution in [-0.2, 0) is 47.1 Å². The number of unbranched alkanes of at least 4 members (excludes halogenated alkanes) is 26. The number of nitrogens with one attached hydrogen (secondary N) is 2. The van der Waals surface area contributed by atoms with E-state index in [1.54, 1.807) is 7.05 Å². The fourth-order valence-electron chi connectivity index (χ4n) is 7.69. The summed E-state index contributed by atoms with van der Waals surface area (Å²) in [6.07, 6.45) is 43.6. The van der Waals surface area contributed by atoms with Crippen LogP contribution >= 0.6 is 0 Å². The Hall–Kier alpha value is -0.746. The maximum Gasteiger partial charge on any atom is 0.253 e. The summed E-state index contributed by atoms with van der Waals surface area (Å²) < 4.78 is 5.61. The molecule has 0 bridgehead atoms. The smallest absolute Gasteiger partial charge is 0.253 e. The van der Waals surface area contributed by atoms with Gasteiger partial charge in [0.1, 0.15) is 17.7 Å². The van der Waals surface area contributed by atoms with Crippen LogP contribution in [0.15, 0.2) is 9.59 Å². The van der Waals surface area contributed by atoms with Gasteiger partial charge in [-0.25, -0.2) is 4.89 Å². The molecule has 0 heterocycles. The average Bonchev–Trinajstić information content (AvgIpc) is 3.27.